The Morgan fingerprint density at radius 2 is 1.32 bits per heavy atom. The molecule has 0 aliphatic heterocycles. The van der Waals surface area contributed by atoms with E-state index >= 15 is 0 Å². The van der Waals surface area contributed by atoms with Gasteiger partial charge < -0.3 is 0 Å². The molecule has 1 aliphatic carbocycles. The fourth-order valence-corrected chi connectivity index (χ4v) is 3.28. The number of rotatable bonds is 2. The van der Waals surface area contributed by atoms with Crippen molar-refractivity contribution < 1.29 is 9.59 Å². The Bertz CT molecular complexity index is 1050. The summed E-state index contributed by atoms with van der Waals surface area (Å²) in [5.41, 5.74) is 3.33. The van der Waals surface area contributed by atoms with Gasteiger partial charge in [-0.25, -0.2) is 0 Å². The average Bonchev–Trinajstić information content (AvgIpc) is 2.65. The summed E-state index contributed by atoms with van der Waals surface area (Å²) >= 11 is 3.48. The number of benzene rings is 3. The zero-order valence-corrected chi connectivity index (χ0v) is 14.7. The number of fused-ring (bicyclic) bond motifs is 2. The lowest BCUT2D eigenvalue weighted by Gasteiger charge is -2.17. The third-order valence-electron chi connectivity index (χ3n) is 4.17. The number of carbonyl (C=O) groups excluding carboxylic acids is 2. The van der Waals surface area contributed by atoms with Crippen molar-refractivity contribution in [1.29, 1.82) is 0 Å². The molecule has 25 heavy (non-hydrogen) atoms. The van der Waals surface area contributed by atoms with Crippen LogP contribution < -0.4 is 0 Å². The van der Waals surface area contributed by atoms with E-state index in [9.17, 15) is 9.59 Å². The van der Waals surface area contributed by atoms with Crippen LogP contribution in [0.3, 0.4) is 0 Å². The van der Waals surface area contributed by atoms with Gasteiger partial charge in [-0.2, -0.15) is 0 Å². The van der Waals surface area contributed by atoms with Crippen LogP contribution >= 0.6 is 15.9 Å². The lowest BCUT2D eigenvalue weighted by molar-refractivity contribution is 0.0979. The molecule has 4 heteroatoms. The number of aliphatic imine (C=N–C) groups is 1. The van der Waals surface area contributed by atoms with Gasteiger partial charge in [-0.05, 0) is 24.3 Å². The van der Waals surface area contributed by atoms with Crippen LogP contribution in [0.2, 0.25) is 0 Å². The molecule has 0 radical (unpaired) electrons. The van der Waals surface area contributed by atoms with Gasteiger partial charge in [0.1, 0.15) is 0 Å². The second kappa shape index (κ2) is 6.22. The van der Waals surface area contributed by atoms with Crippen molar-refractivity contribution in [2.24, 2.45) is 4.99 Å². The molecular weight excluding hydrogens is 378 g/mol. The molecule has 3 aromatic rings. The van der Waals surface area contributed by atoms with E-state index in [1.165, 1.54) is 0 Å². The molecule has 0 amide bonds. The van der Waals surface area contributed by atoms with Crippen molar-refractivity contribution in [2.45, 2.75) is 0 Å². The van der Waals surface area contributed by atoms with Gasteiger partial charge in [-0.1, -0.05) is 58.4 Å². The molecule has 0 saturated heterocycles. The van der Waals surface area contributed by atoms with Crippen molar-refractivity contribution >= 4 is 39.4 Å². The van der Waals surface area contributed by atoms with Crippen LogP contribution in [0.5, 0.6) is 0 Å². The standard InChI is InChI=1S/C21H12BrNO2/c22-19-8-4-1-5-13(19)12-23-14-9-10-17-18(11-14)21(25)16-7-3-2-6-15(16)20(17)24/h1-12H. The zero-order chi connectivity index (χ0) is 17.4. The smallest absolute Gasteiger partial charge is 0.194 e. The van der Waals surface area contributed by atoms with Crippen LogP contribution in [0.4, 0.5) is 5.69 Å². The molecule has 0 N–H and O–H groups in total. The second-order valence-electron chi connectivity index (χ2n) is 5.71. The number of hydrogen-bond acceptors (Lipinski definition) is 3. The van der Waals surface area contributed by atoms with E-state index in [1.807, 2.05) is 24.3 Å². The van der Waals surface area contributed by atoms with Crippen molar-refractivity contribution in [3.63, 3.8) is 0 Å². The Hall–Kier alpha value is -2.85. The highest BCUT2D eigenvalue weighted by Crippen LogP contribution is 2.30. The Labute approximate surface area is 153 Å². The molecule has 120 valence electrons. The van der Waals surface area contributed by atoms with Gasteiger partial charge in [0.2, 0.25) is 0 Å². The highest BCUT2D eigenvalue weighted by molar-refractivity contribution is 9.10. The summed E-state index contributed by atoms with van der Waals surface area (Å²) < 4.78 is 0.942. The summed E-state index contributed by atoms with van der Waals surface area (Å²) in [5.74, 6) is -0.255. The molecule has 0 fully saturated rings. The minimum absolute atomic E-state index is 0.119. The summed E-state index contributed by atoms with van der Waals surface area (Å²) in [6.45, 7) is 0. The molecule has 0 unspecified atom stereocenters. The number of halogens is 1. The van der Waals surface area contributed by atoms with E-state index in [1.54, 1.807) is 48.7 Å². The van der Waals surface area contributed by atoms with Gasteiger partial charge in [0.05, 0.1) is 5.69 Å². The molecule has 0 atom stereocenters. The Morgan fingerprint density at radius 1 is 0.720 bits per heavy atom. The number of carbonyl (C=O) groups is 2. The van der Waals surface area contributed by atoms with E-state index in [0.29, 0.717) is 27.9 Å². The van der Waals surface area contributed by atoms with Crippen LogP contribution in [0.25, 0.3) is 0 Å². The SMILES string of the molecule is O=C1c2ccccc2C(=O)c2cc(N=Cc3ccccc3Br)ccc21. The molecule has 0 heterocycles. The maximum atomic E-state index is 12.7. The lowest BCUT2D eigenvalue weighted by Crippen LogP contribution is -2.20. The summed E-state index contributed by atoms with van der Waals surface area (Å²) in [5, 5.41) is 0. The maximum absolute atomic E-state index is 12.7. The minimum atomic E-state index is -0.136. The molecule has 0 spiro atoms. The van der Waals surface area contributed by atoms with Crippen LogP contribution in [0.1, 0.15) is 37.4 Å². The van der Waals surface area contributed by atoms with Gasteiger partial charge in [-0.15, -0.1) is 0 Å². The summed E-state index contributed by atoms with van der Waals surface area (Å²) in [4.78, 5) is 29.8. The molecule has 0 bridgehead atoms. The van der Waals surface area contributed by atoms with Gasteiger partial charge in [0.15, 0.2) is 11.6 Å². The largest absolute Gasteiger partial charge is 0.289 e. The zero-order valence-electron chi connectivity index (χ0n) is 13.1. The van der Waals surface area contributed by atoms with Gasteiger partial charge in [-0.3, -0.25) is 14.6 Å². The second-order valence-corrected chi connectivity index (χ2v) is 6.57. The fraction of sp³-hybridized carbons (Fsp3) is 0. The van der Waals surface area contributed by atoms with Crippen LogP contribution in [-0.2, 0) is 0 Å². The third kappa shape index (κ3) is 2.75. The van der Waals surface area contributed by atoms with Crippen LogP contribution in [0.15, 0.2) is 76.2 Å². The van der Waals surface area contributed by atoms with Crippen molar-refractivity contribution in [3.8, 4) is 0 Å². The quantitative estimate of drug-likeness (QED) is 0.454. The number of nitrogens with zero attached hydrogens (tertiary/aromatic N) is 1. The fourth-order valence-electron chi connectivity index (χ4n) is 2.89. The molecule has 1 aliphatic rings. The van der Waals surface area contributed by atoms with E-state index in [4.69, 9.17) is 0 Å². The molecule has 0 aromatic heterocycles. The molecular formula is C21H12BrNO2. The number of ketones is 2. The van der Waals surface area contributed by atoms with Gasteiger partial charge >= 0.3 is 0 Å². The molecule has 0 saturated carbocycles. The first kappa shape index (κ1) is 15.7. The summed E-state index contributed by atoms with van der Waals surface area (Å²) in [6.07, 6.45) is 1.73. The normalized spacial score (nSPS) is 13.0. The predicted octanol–water partition coefficient (Wildman–Crippen LogP) is 4.98. The monoisotopic (exact) mass is 389 g/mol. The first-order valence-corrected chi connectivity index (χ1v) is 8.55. The van der Waals surface area contributed by atoms with Gasteiger partial charge in [0, 0.05) is 38.5 Å². The first-order valence-electron chi connectivity index (χ1n) is 7.76. The van der Waals surface area contributed by atoms with E-state index in [2.05, 4.69) is 20.9 Å². The van der Waals surface area contributed by atoms with E-state index in [0.717, 1.165) is 10.0 Å². The summed E-state index contributed by atoms with van der Waals surface area (Å²) in [7, 11) is 0. The highest BCUT2D eigenvalue weighted by Gasteiger charge is 2.29. The van der Waals surface area contributed by atoms with Crippen molar-refractivity contribution in [1.82, 2.24) is 0 Å². The minimum Gasteiger partial charge on any atom is -0.289 e. The topological polar surface area (TPSA) is 46.5 Å². The Balaban J connectivity index is 1.75. The molecule has 3 aromatic carbocycles. The van der Waals surface area contributed by atoms with Crippen molar-refractivity contribution in [2.75, 3.05) is 0 Å². The van der Waals surface area contributed by atoms with E-state index < -0.39 is 0 Å². The van der Waals surface area contributed by atoms with Crippen molar-refractivity contribution in [3.05, 3.63) is 99.0 Å². The van der Waals surface area contributed by atoms with Crippen LogP contribution in [-0.4, -0.2) is 17.8 Å². The average molecular weight is 390 g/mol. The first-order chi connectivity index (χ1) is 12.1. The third-order valence-corrected chi connectivity index (χ3v) is 4.89. The van der Waals surface area contributed by atoms with Crippen LogP contribution in [0, 0.1) is 0 Å². The van der Waals surface area contributed by atoms with E-state index in [-0.39, 0.29) is 11.6 Å². The molecule has 3 nitrogen and oxygen atoms in total. The predicted molar refractivity (Wildman–Crippen MR) is 101 cm³/mol. The maximum Gasteiger partial charge on any atom is 0.194 e. The lowest BCUT2D eigenvalue weighted by atomic mass is 9.84. The highest BCUT2D eigenvalue weighted by atomic mass is 79.9. The number of hydrogen-bond donors (Lipinski definition) is 0. The Morgan fingerprint density at radius 3 is 2.04 bits per heavy atom. The Kier molecular flexibility index (Phi) is 3.90. The molecule has 4 rings (SSSR count). The summed E-state index contributed by atoms with van der Waals surface area (Å²) in [6, 6.07) is 19.8. The van der Waals surface area contributed by atoms with Gasteiger partial charge in [0.25, 0.3) is 0 Å².